The minimum Gasteiger partial charge on any atom is -0.445 e. The Hall–Kier alpha value is -2.96. The number of aromatic nitrogens is 2. The zero-order valence-electron chi connectivity index (χ0n) is 15.5. The smallest absolute Gasteiger partial charge is 0.410 e. The van der Waals surface area contributed by atoms with Gasteiger partial charge in [-0.15, -0.1) is 0 Å². The lowest BCUT2D eigenvalue weighted by molar-refractivity contribution is 0.0748. The maximum absolute atomic E-state index is 12.7. The van der Waals surface area contributed by atoms with Gasteiger partial charge in [0.15, 0.2) is 0 Å². The number of carbonyl (C=O) groups excluding carboxylic acids is 2. The minimum absolute atomic E-state index is 0.0999. The van der Waals surface area contributed by atoms with Gasteiger partial charge in [0, 0.05) is 45.0 Å². The highest BCUT2D eigenvalue weighted by atomic mass is 16.6. The van der Waals surface area contributed by atoms with Crippen molar-refractivity contribution < 1.29 is 14.3 Å². The van der Waals surface area contributed by atoms with E-state index in [0.29, 0.717) is 38.2 Å². The van der Waals surface area contributed by atoms with Crippen LogP contribution in [0.3, 0.4) is 0 Å². The molecule has 27 heavy (non-hydrogen) atoms. The second-order valence-corrected chi connectivity index (χ2v) is 6.41. The summed E-state index contributed by atoms with van der Waals surface area (Å²) in [5.74, 6) is 0.618. The van der Waals surface area contributed by atoms with Crippen LogP contribution in [-0.4, -0.2) is 57.9 Å². The molecule has 0 N–H and O–H groups in total. The first-order valence-corrected chi connectivity index (χ1v) is 9.23. The summed E-state index contributed by atoms with van der Waals surface area (Å²) in [4.78, 5) is 36.8. The van der Waals surface area contributed by atoms with Crippen molar-refractivity contribution >= 4 is 12.0 Å². The van der Waals surface area contributed by atoms with E-state index < -0.39 is 0 Å². The molecule has 1 aliphatic rings. The molecule has 3 rings (SSSR count). The molecule has 0 spiro atoms. The monoisotopic (exact) mass is 368 g/mol. The Morgan fingerprint density at radius 3 is 2.37 bits per heavy atom. The lowest BCUT2D eigenvalue weighted by Gasteiger charge is -2.21. The van der Waals surface area contributed by atoms with Gasteiger partial charge in [-0.1, -0.05) is 37.3 Å². The number of nitrogens with zero attached hydrogens (tertiary/aromatic N) is 4. The lowest BCUT2D eigenvalue weighted by atomic mass is 10.2. The van der Waals surface area contributed by atoms with Crippen LogP contribution in [0.5, 0.6) is 0 Å². The quantitative estimate of drug-likeness (QED) is 0.829. The molecule has 0 unspecified atom stereocenters. The molecule has 0 atom stereocenters. The fourth-order valence-electron chi connectivity index (χ4n) is 2.94. The second-order valence-electron chi connectivity index (χ2n) is 6.41. The Morgan fingerprint density at radius 1 is 1.00 bits per heavy atom. The first-order chi connectivity index (χ1) is 13.2. The topological polar surface area (TPSA) is 75.6 Å². The molecule has 1 saturated heterocycles. The molecule has 142 valence electrons. The maximum Gasteiger partial charge on any atom is 0.410 e. The van der Waals surface area contributed by atoms with Gasteiger partial charge in [0.2, 0.25) is 0 Å². The van der Waals surface area contributed by atoms with Crippen LogP contribution in [-0.2, 0) is 17.8 Å². The van der Waals surface area contributed by atoms with Crippen LogP contribution in [0.4, 0.5) is 4.79 Å². The zero-order valence-corrected chi connectivity index (χ0v) is 15.5. The number of hydrogen-bond donors (Lipinski definition) is 0. The van der Waals surface area contributed by atoms with E-state index in [0.717, 1.165) is 17.8 Å². The van der Waals surface area contributed by atoms with Crippen LogP contribution in [0, 0.1) is 0 Å². The van der Waals surface area contributed by atoms with Crippen molar-refractivity contribution in [2.24, 2.45) is 0 Å². The van der Waals surface area contributed by atoms with Crippen molar-refractivity contribution in [1.82, 2.24) is 19.8 Å². The van der Waals surface area contributed by atoms with Crippen LogP contribution in [0.2, 0.25) is 0 Å². The Labute approximate surface area is 159 Å². The number of benzene rings is 1. The standard InChI is InChI=1S/C20H24N4O3/c1-2-18-21-13-17(14-22-18)19(25)23-9-6-10-24(12-11-23)20(26)27-15-16-7-4-3-5-8-16/h3-5,7-8,13-14H,2,6,9-12,15H2,1H3. The molecule has 1 aromatic carbocycles. The van der Waals surface area contributed by atoms with Crippen molar-refractivity contribution in [3.05, 3.63) is 59.7 Å². The Bertz CT molecular complexity index is 765. The number of aryl methyl sites for hydroxylation is 1. The zero-order chi connectivity index (χ0) is 19.1. The molecule has 1 fully saturated rings. The van der Waals surface area contributed by atoms with Gasteiger partial charge in [-0.3, -0.25) is 4.79 Å². The van der Waals surface area contributed by atoms with Gasteiger partial charge in [-0.25, -0.2) is 14.8 Å². The third-order valence-electron chi connectivity index (χ3n) is 4.51. The van der Waals surface area contributed by atoms with Gasteiger partial charge < -0.3 is 14.5 Å². The Balaban J connectivity index is 1.53. The van der Waals surface area contributed by atoms with E-state index in [-0.39, 0.29) is 18.6 Å². The normalized spacial score (nSPS) is 14.6. The summed E-state index contributed by atoms with van der Waals surface area (Å²) in [6, 6.07) is 9.58. The lowest BCUT2D eigenvalue weighted by Crippen LogP contribution is -2.37. The van der Waals surface area contributed by atoms with E-state index in [9.17, 15) is 9.59 Å². The van der Waals surface area contributed by atoms with Gasteiger partial charge in [0.1, 0.15) is 12.4 Å². The average molecular weight is 368 g/mol. The third-order valence-corrected chi connectivity index (χ3v) is 4.51. The van der Waals surface area contributed by atoms with Gasteiger partial charge in [-0.2, -0.15) is 0 Å². The SMILES string of the molecule is CCc1ncc(C(=O)N2CCCN(C(=O)OCc3ccccc3)CC2)cn1. The van der Waals surface area contributed by atoms with E-state index in [1.807, 2.05) is 37.3 Å². The van der Waals surface area contributed by atoms with Crippen molar-refractivity contribution in [1.29, 1.82) is 0 Å². The molecule has 1 aliphatic heterocycles. The van der Waals surface area contributed by atoms with E-state index in [4.69, 9.17) is 4.74 Å². The fraction of sp³-hybridized carbons (Fsp3) is 0.400. The predicted octanol–water partition coefficient (Wildman–Crippen LogP) is 2.52. The van der Waals surface area contributed by atoms with E-state index in [1.54, 1.807) is 22.2 Å². The summed E-state index contributed by atoms with van der Waals surface area (Å²) in [6.45, 7) is 4.30. The van der Waals surface area contributed by atoms with Crippen LogP contribution in [0.25, 0.3) is 0 Å². The summed E-state index contributed by atoms with van der Waals surface area (Å²) in [5.41, 5.74) is 1.43. The van der Waals surface area contributed by atoms with E-state index in [2.05, 4.69) is 9.97 Å². The number of rotatable bonds is 4. The van der Waals surface area contributed by atoms with Crippen molar-refractivity contribution in [2.75, 3.05) is 26.2 Å². The van der Waals surface area contributed by atoms with E-state index in [1.165, 1.54) is 0 Å². The average Bonchev–Trinajstić information content (AvgIpc) is 2.98. The number of carbonyl (C=O) groups is 2. The summed E-state index contributed by atoms with van der Waals surface area (Å²) in [5, 5.41) is 0. The number of hydrogen-bond acceptors (Lipinski definition) is 5. The first-order valence-electron chi connectivity index (χ1n) is 9.23. The molecule has 2 heterocycles. The van der Waals surface area contributed by atoms with Crippen LogP contribution in [0.1, 0.15) is 35.1 Å². The molecular weight excluding hydrogens is 344 g/mol. The fourth-order valence-corrected chi connectivity index (χ4v) is 2.94. The van der Waals surface area contributed by atoms with Gasteiger partial charge in [0.05, 0.1) is 5.56 Å². The molecule has 0 saturated carbocycles. The van der Waals surface area contributed by atoms with Crippen molar-refractivity contribution in [3.63, 3.8) is 0 Å². The summed E-state index contributed by atoms with van der Waals surface area (Å²) >= 11 is 0. The van der Waals surface area contributed by atoms with Gasteiger partial charge in [0.25, 0.3) is 5.91 Å². The number of amides is 2. The molecule has 7 heteroatoms. The molecule has 0 bridgehead atoms. The highest BCUT2D eigenvalue weighted by molar-refractivity contribution is 5.93. The molecule has 0 aliphatic carbocycles. The maximum atomic E-state index is 12.7. The Morgan fingerprint density at radius 2 is 1.67 bits per heavy atom. The molecule has 0 radical (unpaired) electrons. The molecule has 2 aromatic rings. The van der Waals surface area contributed by atoms with Crippen molar-refractivity contribution in [3.8, 4) is 0 Å². The van der Waals surface area contributed by atoms with Crippen LogP contribution in [0.15, 0.2) is 42.7 Å². The predicted molar refractivity (Wildman–Crippen MR) is 100 cm³/mol. The van der Waals surface area contributed by atoms with Gasteiger partial charge >= 0.3 is 6.09 Å². The second kappa shape index (κ2) is 9.12. The summed E-state index contributed by atoms with van der Waals surface area (Å²) < 4.78 is 5.39. The Kier molecular flexibility index (Phi) is 6.35. The molecular formula is C20H24N4O3. The van der Waals surface area contributed by atoms with Crippen LogP contribution < -0.4 is 0 Å². The molecule has 2 amide bonds. The minimum atomic E-state index is -0.344. The molecule has 1 aromatic heterocycles. The molecule has 7 nitrogen and oxygen atoms in total. The first kappa shape index (κ1) is 18.8. The van der Waals surface area contributed by atoms with Crippen LogP contribution >= 0.6 is 0 Å². The summed E-state index contributed by atoms with van der Waals surface area (Å²) in [6.07, 6.45) is 4.25. The number of ether oxygens (including phenoxy) is 1. The van der Waals surface area contributed by atoms with Crippen molar-refractivity contribution in [2.45, 2.75) is 26.4 Å². The summed E-state index contributed by atoms with van der Waals surface area (Å²) in [7, 11) is 0. The van der Waals surface area contributed by atoms with E-state index >= 15 is 0 Å². The van der Waals surface area contributed by atoms with Gasteiger partial charge in [-0.05, 0) is 12.0 Å². The highest BCUT2D eigenvalue weighted by Crippen LogP contribution is 2.10. The third kappa shape index (κ3) is 5.03. The largest absolute Gasteiger partial charge is 0.445 e. The highest BCUT2D eigenvalue weighted by Gasteiger charge is 2.24.